The van der Waals surface area contributed by atoms with Gasteiger partial charge in [-0.25, -0.2) is 9.78 Å². The summed E-state index contributed by atoms with van der Waals surface area (Å²) in [5.41, 5.74) is 2.19. The number of alkyl halides is 3. The van der Waals surface area contributed by atoms with Crippen LogP contribution >= 0.6 is 11.3 Å². The smallest absolute Gasteiger partial charge is 0.422 e. The van der Waals surface area contributed by atoms with Gasteiger partial charge in [0, 0.05) is 11.5 Å². The molecule has 2 rings (SSSR count). The Kier molecular flexibility index (Phi) is 5.16. The molecular weight excluding hydrogens is 319 g/mol. The minimum absolute atomic E-state index is 0.0836. The van der Waals surface area contributed by atoms with Crippen LogP contribution < -0.4 is 9.47 Å². The number of carbonyl (C=O) groups excluding carboxylic acids is 1. The number of rotatable bonds is 5. The Labute approximate surface area is 127 Å². The Morgan fingerprint density at radius 2 is 2.00 bits per heavy atom. The molecule has 1 aromatic carbocycles. The van der Waals surface area contributed by atoms with Gasteiger partial charge in [-0.3, -0.25) is 0 Å². The number of benzene rings is 1. The quantitative estimate of drug-likeness (QED) is 0.477. The van der Waals surface area contributed by atoms with E-state index in [9.17, 15) is 18.0 Å². The van der Waals surface area contributed by atoms with Gasteiger partial charge in [0.05, 0.1) is 11.2 Å². The molecule has 0 aliphatic heterocycles. The lowest BCUT2D eigenvalue weighted by atomic mass is 10.3. The fourth-order valence-electron chi connectivity index (χ4n) is 1.41. The first-order chi connectivity index (χ1) is 10.4. The van der Waals surface area contributed by atoms with E-state index in [1.807, 2.05) is 0 Å². The summed E-state index contributed by atoms with van der Waals surface area (Å²) in [4.78, 5) is 15.6. The number of nitrogens with zero attached hydrogens (tertiary/aromatic N) is 1. The number of aromatic nitrogens is 1. The molecule has 0 N–H and O–H groups in total. The van der Waals surface area contributed by atoms with E-state index in [1.54, 1.807) is 10.9 Å². The summed E-state index contributed by atoms with van der Waals surface area (Å²) in [6.45, 7) is -1.46. The summed E-state index contributed by atoms with van der Waals surface area (Å²) < 4.78 is 46.1. The van der Waals surface area contributed by atoms with Crippen LogP contribution in [0.15, 0.2) is 41.2 Å². The van der Waals surface area contributed by atoms with Gasteiger partial charge in [-0.2, -0.15) is 13.2 Å². The van der Waals surface area contributed by atoms with Crippen molar-refractivity contribution in [2.24, 2.45) is 0 Å². The molecule has 0 aliphatic rings. The van der Waals surface area contributed by atoms with E-state index in [-0.39, 0.29) is 11.5 Å². The Morgan fingerprint density at radius 3 is 2.64 bits per heavy atom. The molecule has 0 saturated heterocycles. The summed E-state index contributed by atoms with van der Waals surface area (Å²) in [6.07, 6.45) is -1.89. The molecule has 0 saturated carbocycles. The number of thiazole rings is 1. The molecule has 0 atom stereocenters. The molecule has 22 heavy (non-hydrogen) atoms. The molecule has 4 nitrogen and oxygen atoms in total. The summed E-state index contributed by atoms with van der Waals surface area (Å²) in [7, 11) is 0. The van der Waals surface area contributed by atoms with E-state index < -0.39 is 18.8 Å². The van der Waals surface area contributed by atoms with Gasteiger partial charge in [0.25, 0.3) is 0 Å². The first-order valence-corrected chi connectivity index (χ1v) is 6.95. The zero-order valence-corrected chi connectivity index (χ0v) is 11.9. The van der Waals surface area contributed by atoms with Crippen molar-refractivity contribution in [3.63, 3.8) is 0 Å². The zero-order chi connectivity index (χ0) is 16.0. The monoisotopic (exact) mass is 329 g/mol. The molecule has 0 aliphatic carbocycles. The van der Waals surface area contributed by atoms with E-state index in [4.69, 9.17) is 4.74 Å². The minimum Gasteiger partial charge on any atom is -0.480 e. The highest BCUT2D eigenvalue weighted by atomic mass is 32.1. The highest BCUT2D eigenvalue weighted by Gasteiger charge is 2.29. The second-order valence-electron chi connectivity index (χ2n) is 4.02. The summed E-state index contributed by atoms with van der Waals surface area (Å²) in [5, 5.41) is 1.73. The van der Waals surface area contributed by atoms with Gasteiger partial charge in [-0.15, -0.1) is 11.3 Å². The minimum atomic E-state index is -4.47. The van der Waals surface area contributed by atoms with E-state index >= 15 is 0 Å². The molecule has 0 unspecified atom stereocenters. The number of halogens is 3. The summed E-state index contributed by atoms with van der Waals surface area (Å²) in [5.74, 6) is -0.981. The first kappa shape index (κ1) is 16.0. The molecular formula is C14H10F3NO3S. The van der Waals surface area contributed by atoms with E-state index in [2.05, 4.69) is 9.72 Å². The predicted molar refractivity (Wildman–Crippen MR) is 74.8 cm³/mol. The van der Waals surface area contributed by atoms with Gasteiger partial charge in [0.2, 0.25) is 0 Å². The summed E-state index contributed by atoms with van der Waals surface area (Å²) >= 11 is 1.37. The van der Waals surface area contributed by atoms with Crippen LogP contribution in [0.1, 0.15) is 5.69 Å². The number of ether oxygens (including phenoxy) is 2. The molecule has 8 heteroatoms. The average Bonchev–Trinajstić information content (AvgIpc) is 2.97. The molecule has 116 valence electrons. The maximum atomic E-state index is 12.2. The molecule has 0 amide bonds. The third kappa shape index (κ3) is 5.21. The molecule has 1 heterocycles. The van der Waals surface area contributed by atoms with E-state index in [0.29, 0.717) is 5.69 Å². The van der Waals surface area contributed by atoms with Gasteiger partial charge in [-0.05, 0) is 18.2 Å². The molecule has 2 aromatic rings. The first-order valence-electron chi connectivity index (χ1n) is 6.01. The second-order valence-corrected chi connectivity index (χ2v) is 4.74. The highest BCUT2D eigenvalue weighted by Crippen LogP contribution is 2.28. The molecule has 0 radical (unpaired) electrons. The van der Waals surface area contributed by atoms with Crippen molar-refractivity contribution >= 4 is 23.4 Å². The van der Waals surface area contributed by atoms with E-state index in [1.165, 1.54) is 41.7 Å². The number of carbonyl (C=O) groups is 1. The van der Waals surface area contributed by atoms with Crippen molar-refractivity contribution in [3.8, 4) is 11.5 Å². The molecule has 0 spiro atoms. The van der Waals surface area contributed by atoms with Crippen LogP contribution in [0.5, 0.6) is 11.5 Å². The molecule has 1 aromatic heterocycles. The van der Waals surface area contributed by atoms with Crippen molar-refractivity contribution in [1.29, 1.82) is 0 Å². The normalized spacial score (nSPS) is 11.6. The lowest BCUT2D eigenvalue weighted by molar-refractivity contribution is -0.153. The Morgan fingerprint density at radius 1 is 1.27 bits per heavy atom. The average molecular weight is 329 g/mol. The molecule has 0 fully saturated rings. The zero-order valence-electron chi connectivity index (χ0n) is 11.0. The second kappa shape index (κ2) is 7.08. The topological polar surface area (TPSA) is 48.4 Å². The van der Waals surface area contributed by atoms with Crippen LogP contribution in [0.2, 0.25) is 0 Å². The number of esters is 1. The number of para-hydroxylation sites is 2. The van der Waals surface area contributed by atoms with Crippen molar-refractivity contribution < 1.29 is 27.4 Å². The van der Waals surface area contributed by atoms with Crippen LogP contribution in [0.3, 0.4) is 0 Å². The van der Waals surface area contributed by atoms with Crippen molar-refractivity contribution in [1.82, 2.24) is 4.98 Å². The Balaban J connectivity index is 2.01. The van der Waals surface area contributed by atoms with Crippen LogP contribution in [0, 0.1) is 0 Å². The van der Waals surface area contributed by atoms with Crippen LogP contribution in [0.25, 0.3) is 6.08 Å². The fraction of sp³-hybridized carbons (Fsp3) is 0.143. The lowest BCUT2D eigenvalue weighted by Crippen LogP contribution is -2.19. The van der Waals surface area contributed by atoms with Gasteiger partial charge >= 0.3 is 12.1 Å². The highest BCUT2D eigenvalue weighted by molar-refractivity contribution is 7.07. The number of hydrogen-bond acceptors (Lipinski definition) is 5. The van der Waals surface area contributed by atoms with Crippen LogP contribution in [-0.4, -0.2) is 23.7 Å². The maximum absolute atomic E-state index is 12.2. The fourth-order valence-corrected chi connectivity index (χ4v) is 1.94. The largest absolute Gasteiger partial charge is 0.480 e. The number of hydrogen-bond donors (Lipinski definition) is 0. The van der Waals surface area contributed by atoms with Crippen molar-refractivity contribution in [2.75, 3.05) is 6.61 Å². The van der Waals surface area contributed by atoms with Gasteiger partial charge < -0.3 is 9.47 Å². The Hall–Kier alpha value is -2.35. The maximum Gasteiger partial charge on any atom is 0.422 e. The van der Waals surface area contributed by atoms with Crippen molar-refractivity contribution in [2.45, 2.75) is 6.18 Å². The van der Waals surface area contributed by atoms with Gasteiger partial charge in [0.1, 0.15) is 0 Å². The van der Waals surface area contributed by atoms with E-state index in [0.717, 1.165) is 6.08 Å². The Bertz CT molecular complexity index is 654. The predicted octanol–water partition coefficient (Wildman–Crippen LogP) is 3.70. The lowest BCUT2D eigenvalue weighted by Gasteiger charge is -2.12. The van der Waals surface area contributed by atoms with Crippen molar-refractivity contribution in [3.05, 3.63) is 46.9 Å². The summed E-state index contributed by atoms with van der Waals surface area (Å²) in [6, 6.07) is 5.64. The molecule has 0 bridgehead atoms. The standard InChI is InChI=1S/C14H10F3NO3S/c15-14(16,17)8-20-11-3-1-2-4-12(11)21-13(19)6-5-10-7-22-9-18-10/h1-7,9H,8H2/b6-5-. The third-order valence-electron chi connectivity index (χ3n) is 2.29. The van der Waals surface area contributed by atoms with Crippen LogP contribution in [0.4, 0.5) is 13.2 Å². The SMILES string of the molecule is O=C(/C=C\c1cscn1)Oc1ccccc1OCC(F)(F)F. The van der Waals surface area contributed by atoms with Gasteiger partial charge in [0.15, 0.2) is 18.1 Å². The van der Waals surface area contributed by atoms with Gasteiger partial charge in [-0.1, -0.05) is 12.1 Å². The third-order valence-corrected chi connectivity index (χ3v) is 2.90. The van der Waals surface area contributed by atoms with Crippen LogP contribution in [-0.2, 0) is 4.79 Å².